The Labute approximate surface area is 97.2 Å². The molecule has 0 spiro atoms. The van der Waals surface area contributed by atoms with Gasteiger partial charge in [0.15, 0.2) is 0 Å². The van der Waals surface area contributed by atoms with Crippen molar-refractivity contribution in [1.82, 2.24) is 5.32 Å². The molecule has 0 aromatic carbocycles. The molecule has 102 valence electrons. The number of amides is 1. The fourth-order valence-electron chi connectivity index (χ4n) is 1.28. The van der Waals surface area contributed by atoms with E-state index in [1.807, 2.05) is 5.32 Å². The highest BCUT2D eigenvalue weighted by molar-refractivity contribution is 7.52. The molecule has 0 aromatic rings. The van der Waals surface area contributed by atoms with Gasteiger partial charge in [-0.25, -0.2) is 0 Å². The molecule has 1 amide bonds. The first-order valence-electron chi connectivity index (χ1n) is 4.50. The highest BCUT2D eigenvalue weighted by Crippen LogP contribution is 2.44. The number of aliphatic hydroxyl groups excluding tert-OH is 1. The van der Waals surface area contributed by atoms with Gasteiger partial charge in [0, 0.05) is 6.42 Å². The Kier molecular flexibility index (Phi) is 6.50. The van der Waals surface area contributed by atoms with E-state index < -0.39 is 52.5 Å². The zero-order chi connectivity index (χ0) is 13.7. The molecule has 0 saturated carbocycles. The van der Waals surface area contributed by atoms with Gasteiger partial charge >= 0.3 is 15.2 Å². The van der Waals surface area contributed by atoms with Gasteiger partial charge in [-0.05, 0) is 5.92 Å². The second-order valence-corrected chi connectivity index (χ2v) is 6.91. The van der Waals surface area contributed by atoms with Crippen LogP contribution in [0.2, 0.25) is 0 Å². The average molecular weight is 291 g/mol. The second kappa shape index (κ2) is 6.61. The van der Waals surface area contributed by atoms with Crippen LogP contribution in [0.15, 0.2) is 0 Å². The summed E-state index contributed by atoms with van der Waals surface area (Å²) in [6.07, 6.45) is -2.06. The molecule has 0 aliphatic carbocycles. The highest BCUT2D eigenvalue weighted by atomic mass is 31.2. The van der Waals surface area contributed by atoms with E-state index in [1.54, 1.807) is 0 Å². The summed E-state index contributed by atoms with van der Waals surface area (Å²) in [6, 6.07) is 0. The van der Waals surface area contributed by atoms with Crippen LogP contribution in [0.5, 0.6) is 0 Å². The number of hydrogen-bond donors (Lipinski definition) is 6. The topological polar surface area (TPSA) is 164 Å². The zero-order valence-electron chi connectivity index (χ0n) is 8.76. The van der Waals surface area contributed by atoms with Gasteiger partial charge in [-0.2, -0.15) is 0 Å². The normalized spacial score (nSPS) is 12.8. The third kappa shape index (κ3) is 10.6. The molecule has 0 bridgehead atoms. The smallest absolute Gasteiger partial charge is 0.325 e. The molecular weight excluding hydrogens is 276 g/mol. The maximum absolute atomic E-state index is 11.0. The number of carbonyl (C=O) groups is 1. The van der Waals surface area contributed by atoms with Crippen LogP contribution in [-0.2, 0) is 13.9 Å². The van der Waals surface area contributed by atoms with Gasteiger partial charge in [-0.15, -0.1) is 0 Å². The van der Waals surface area contributed by atoms with Crippen molar-refractivity contribution in [3.05, 3.63) is 0 Å². The van der Waals surface area contributed by atoms with E-state index >= 15 is 0 Å². The van der Waals surface area contributed by atoms with Crippen molar-refractivity contribution >= 4 is 21.1 Å². The fourth-order valence-corrected chi connectivity index (χ4v) is 3.35. The van der Waals surface area contributed by atoms with Gasteiger partial charge in [0.1, 0.15) is 6.73 Å². The van der Waals surface area contributed by atoms with Crippen molar-refractivity contribution in [2.45, 2.75) is 6.42 Å². The molecule has 0 aliphatic heterocycles. The molecule has 0 saturated heterocycles. The minimum Gasteiger partial charge on any atom is -0.377 e. The SMILES string of the molecule is O=C(CC(CP(=O)(O)O)CP(=O)(O)O)NCO. The molecule has 0 radical (unpaired) electrons. The van der Waals surface area contributed by atoms with E-state index in [-0.39, 0.29) is 0 Å². The first-order chi connectivity index (χ1) is 7.53. The Morgan fingerprint density at radius 2 is 1.47 bits per heavy atom. The van der Waals surface area contributed by atoms with E-state index in [2.05, 4.69) is 0 Å². The van der Waals surface area contributed by atoms with Crippen LogP contribution in [0.4, 0.5) is 0 Å². The Morgan fingerprint density at radius 3 is 1.76 bits per heavy atom. The summed E-state index contributed by atoms with van der Waals surface area (Å²) in [6.45, 7) is -0.655. The Morgan fingerprint density at radius 1 is 1.06 bits per heavy atom. The van der Waals surface area contributed by atoms with Gasteiger partial charge in [0.2, 0.25) is 5.91 Å². The standard InChI is InChI=1S/C6H15NO8P2/c8-4-7-6(9)1-5(2-16(10,11)12)3-17(13,14)15/h5,8H,1-4H2,(H,7,9)(H2,10,11,12)(H2,13,14,15). The Bertz CT molecular complexity index is 322. The van der Waals surface area contributed by atoms with Crippen molar-refractivity contribution < 1.29 is 38.6 Å². The molecule has 0 rings (SSSR count). The number of carbonyl (C=O) groups excluding carboxylic acids is 1. The van der Waals surface area contributed by atoms with Crippen LogP contribution in [-0.4, -0.2) is 49.6 Å². The van der Waals surface area contributed by atoms with Gasteiger partial charge in [0.25, 0.3) is 0 Å². The molecule has 17 heavy (non-hydrogen) atoms. The maximum atomic E-state index is 11.0. The molecule has 0 heterocycles. The molecule has 6 N–H and O–H groups in total. The summed E-state index contributed by atoms with van der Waals surface area (Å²) >= 11 is 0. The molecule has 0 aromatic heterocycles. The monoisotopic (exact) mass is 291 g/mol. The lowest BCUT2D eigenvalue weighted by atomic mass is 10.1. The number of aliphatic hydroxyl groups is 1. The predicted octanol–water partition coefficient (Wildman–Crippen LogP) is -1.59. The molecule has 9 nitrogen and oxygen atoms in total. The highest BCUT2D eigenvalue weighted by Gasteiger charge is 2.29. The van der Waals surface area contributed by atoms with E-state index in [0.717, 1.165) is 0 Å². The quantitative estimate of drug-likeness (QED) is 0.241. The summed E-state index contributed by atoms with van der Waals surface area (Å²) in [4.78, 5) is 45.9. The van der Waals surface area contributed by atoms with Crippen molar-refractivity contribution in [2.24, 2.45) is 5.92 Å². The lowest BCUT2D eigenvalue weighted by molar-refractivity contribution is -0.122. The average Bonchev–Trinajstić information content (AvgIpc) is 1.96. The van der Waals surface area contributed by atoms with Gasteiger partial charge in [0.05, 0.1) is 12.3 Å². The molecular formula is C6H15NO8P2. The lowest BCUT2D eigenvalue weighted by Gasteiger charge is -2.17. The molecule has 0 unspecified atom stereocenters. The fraction of sp³-hybridized carbons (Fsp3) is 0.833. The summed E-state index contributed by atoms with van der Waals surface area (Å²) in [7, 11) is -8.94. The zero-order valence-corrected chi connectivity index (χ0v) is 10.5. The first-order valence-corrected chi connectivity index (χ1v) is 8.10. The van der Waals surface area contributed by atoms with Crippen LogP contribution < -0.4 is 5.32 Å². The van der Waals surface area contributed by atoms with Crippen LogP contribution >= 0.6 is 15.2 Å². The van der Waals surface area contributed by atoms with E-state index in [9.17, 15) is 13.9 Å². The largest absolute Gasteiger partial charge is 0.377 e. The maximum Gasteiger partial charge on any atom is 0.325 e. The van der Waals surface area contributed by atoms with Crippen molar-refractivity contribution in [3.63, 3.8) is 0 Å². The molecule has 0 aliphatic rings. The van der Waals surface area contributed by atoms with E-state index in [1.165, 1.54) is 0 Å². The second-order valence-electron chi connectivity index (χ2n) is 3.52. The van der Waals surface area contributed by atoms with E-state index in [0.29, 0.717) is 0 Å². The third-order valence-corrected chi connectivity index (χ3v) is 3.73. The van der Waals surface area contributed by atoms with E-state index in [4.69, 9.17) is 24.7 Å². The van der Waals surface area contributed by atoms with Crippen molar-refractivity contribution in [1.29, 1.82) is 0 Å². The van der Waals surface area contributed by atoms with Crippen molar-refractivity contribution in [3.8, 4) is 0 Å². The first kappa shape index (κ1) is 16.7. The molecule has 0 atom stereocenters. The van der Waals surface area contributed by atoms with Gasteiger partial charge in [-0.1, -0.05) is 0 Å². The minimum absolute atomic E-state index is 0.475. The Balaban J connectivity index is 4.57. The van der Waals surface area contributed by atoms with Gasteiger partial charge < -0.3 is 30.0 Å². The lowest BCUT2D eigenvalue weighted by Crippen LogP contribution is -2.28. The third-order valence-electron chi connectivity index (χ3n) is 1.74. The Hall–Kier alpha value is -0.270. The summed E-state index contributed by atoms with van der Waals surface area (Å²) in [5.74, 6) is -1.89. The van der Waals surface area contributed by atoms with Crippen LogP contribution in [0.25, 0.3) is 0 Å². The van der Waals surface area contributed by atoms with Crippen molar-refractivity contribution in [2.75, 3.05) is 19.1 Å². The summed E-state index contributed by atoms with van der Waals surface area (Å²) in [5.41, 5.74) is 0. The molecule has 11 heteroatoms. The predicted molar refractivity (Wildman–Crippen MR) is 57.2 cm³/mol. The number of rotatable bonds is 7. The van der Waals surface area contributed by atoms with Crippen LogP contribution in [0.3, 0.4) is 0 Å². The van der Waals surface area contributed by atoms with Crippen LogP contribution in [0.1, 0.15) is 6.42 Å². The number of nitrogens with one attached hydrogen (secondary N) is 1. The summed E-state index contributed by atoms with van der Waals surface area (Å²) < 4.78 is 21.5. The minimum atomic E-state index is -4.47. The molecule has 0 fully saturated rings. The summed E-state index contributed by atoms with van der Waals surface area (Å²) in [5, 5.41) is 10.3. The van der Waals surface area contributed by atoms with Gasteiger partial charge in [-0.3, -0.25) is 13.9 Å². The van der Waals surface area contributed by atoms with Crippen LogP contribution in [0, 0.1) is 5.92 Å². The number of hydrogen-bond acceptors (Lipinski definition) is 4.